The third-order valence-corrected chi connectivity index (χ3v) is 4.30. The summed E-state index contributed by atoms with van der Waals surface area (Å²) in [4.78, 5) is 6.98. The normalized spacial score (nSPS) is 27.7. The third kappa shape index (κ3) is 1.52. The van der Waals surface area contributed by atoms with Crippen molar-refractivity contribution in [2.45, 2.75) is 18.9 Å². The van der Waals surface area contributed by atoms with Crippen LogP contribution in [0, 0.1) is 5.92 Å². The molecule has 0 amide bonds. The lowest BCUT2D eigenvalue weighted by atomic mass is 9.92. The fourth-order valence-electron chi connectivity index (χ4n) is 3.38. The first-order chi connectivity index (χ1) is 8.92. The standard InChI is InChI=1S/C14H17N3O/c1-2-10-7-15-9-13(10)17(4-1)11-6-14-12(16-8-11)3-5-18-14/h3,5-6,8,10,13,15H,1-2,4,7,9H2. The molecule has 0 bridgehead atoms. The van der Waals surface area contributed by atoms with E-state index in [9.17, 15) is 0 Å². The van der Waals surface area contributed by atoms with Crippen molar-refractivity contribution in [2.75, 3.05) is 24.5 Å². The molecule has 2 unspecified atom stereocenters. The van der Waals surface area contributed by atoms with Crippen LogP contribution in [0.4, 0.5) is 5.69 Å². The highest BCUT2D eigenvalue weighted by molar-refractivity contribution is 5.76. The van der Waals surface area contributed by atoms with Crippen molar-refractivity contribution in [3.8, 4) is 0 Å². The summed E-state index contributed by atoms with van der Waals surface area (Å²) in [5.41, 5.74) is 3.04. The first kappa shape index (κ1) is 10.4. The maximum Gasteiger partial charge on any atom is 0.154 e. The lowest BCUT2D eigenvalue weighted by Gasteiger charge is -2.38. The molecule has 0 spiro atoms. The van der Waals surface area contributed by atoms with Crippen LogP contribution < -0.4 is 10.2 Å². The number of piperidine rings is 1. The number of pyridine rings is 1. The number of fused-ring (bicyclic) bond motifs is 2. The molecular formula is C14H17N3O. The molecule has 2 aromatic rings. The minimum atomic E-state index is 0.632. The van der Waals surface area contributed by atoms with Crippen LogP contribution in [-0.2, 0) is 0 Å². The number of furan rings is 1. The van der Waals surface area contributed by atoms with Crippen LogP contribution in [0.15, 0.2) is 29.0 Å². The van der Waals surface area contributed by atoms with Gasteiger partial charge >= 0.3 is 0 Å². The van der Waals surface area contributed by atoms with Crippen LogP contribution in [0.1, 0.15) is 12.8 Å². The second-order valence-corrected chi connectivity index (χ2v) is 5.32. The van der Waals surface area contributed by atoms with Crippen LogP contribution in [0.2, 0.25) is 0 Å². The Labute approximate surface area is 106 Å². The number of anilines is 1. The van der Waals surface area contributed by atoms with Crippen LogP contribution >= 0.6 is 0 Å². The van der Waals surface area contributed by atoms with Crippen LogP contribution in [-0.4, -0.2) is 30.7 Å². The van der Waals surface area contributed by atoms with E-state index < -0.39 is 0 Å². The van der Waals surface area contributed by atoms with Crippen molar-refractivity contribution in [3.63, 3.8) is 0 Å². The predicted molar refractivity (Wildman–Crippen MR) is 70.7 cm³/mol. The van der Waals surface area contributed by atoms with E-state index in [0.717, 1.165) is 36.7 Å². The van der Waals surface area contributed by atoms with Gasteiger partial charge in [0.2, 0.25) is 0 Å². The van der Waals surface area contributed by atoms with E-state index >= 15 is 0 Å². The Bertz CT molecular complexity index is 565. The summed E-state index contributed by atoms with van der Waals surface area (Å²) in [7, 11) is 0. The Morgan fingerprint density at radius 2 is 2.39 bits per heavy atom. The minimum absolute atomic E-state index is 0.632. The van der Waals surface area contributed by atoms with Gasteiger partial charge in [-0.05, 0) is 18.8 Å². The molecule has 18 heavy (non-hydrogen) atoms. The zero-order valence-electron chi connectivity index (χ0n) is 10.3. The molecule has 2 atom stereocenters. The second kappa shape index (κ2) is 3.99. The third-order valence-electron chi connectivity index (χ3n) is 4.30. The van der Waals surface area contributed by atoms with Crippen LogP contribution in [0.25, 0.3) is 11.1 Å². The Balaban J connectivity index is 1.72. The molecule has 2 aromatic heterocycles. The molecule has 2 aliphatic rings. The smallest absolute Gasteiger partial charge is 0.154 e. The van der Waals surface area contributed by atoms with Gasteiger partial charge in [0.15, 0.2) is 5.58 Å². The quantitative estimate of drug-likeness (QED) is 0.832. The van der Waals surface area contributed by atoms with Gasteiger partial charge in [-0.25, -0.2) is 0 Å². The SMILES string of the molecule is c1cc2ncc(N3CCCC4CNCC43)cc2o1. The molecule has 0 radical (unpaired) electrons. The lowest BCUT2D eigenvalue weighted by Crippen LogP contribution is -2.45. The predicted octanol–water partition coefficient (Wildman–Crippen LogP) is 2.02. The molecule has 4 rings (SSSR count). The summed E-state index contributed by atoms with van der Waals surface area (Å²) in [5, 5.41) is 3.51. The number of rotatable bonds is 1. The van der Waals surface area contributed by atoms with Gasteiger partial charge < -0.3 is 14.6 Å². The molecule has 1 N–H and O–H groups in total. The maximum atomic E-state index is 5.46. The summed E-state index contributed by atoms with van der Waals surface area (Å²) in [6.45, 7) is 3.40. The molecule has 2 fully saturated rings. The van der Waals surface area contributed by atoms with Gasteiger partial charge in [-0.3, -0.25) is 4.98 Å². The maximum absolute atomic E-state index is 5.46. The summed E-state index contributed by atoms with van der Waals surface area (Å²) in [6, 6.07) is 4.67. The first-order valence-corrected chi connectivity index (χ1v) is 6.72. The Morgan fingerprint density at radius 1 is 1.39 bits per heavy atom. The van der Waals surface area contributed by atoms with E-state index in [1.54, 1.807) is 6.26 Å². The summed E-state index contributed by atoms with van der Waals surface area (Å²) >= 11 is 0. The minimum Gasteiger partial charge on any atom is -0.463 e. The monoisotopic (exact) mass is 243 g/mol. The highest BCUT2D eigenvalue weighted by atomic mass is 16.3. The van der Waals surface area contributed by atoms with E-state index in [1.165, 1.54) is 18.5 Å². The number of hydrogen-bond donors (Lipinski definition) is 1. The van der Waals surface area contributed by atoms with Gasteiger partial charge in [0, 0.05) is 37.8 Å². The zero-order chi connectivity index (χ0) is 11.9. The van der Waals surface area contributed by atoms with Gasteiger partial charge in [-0.2, -0.15) is 0 Å². The zero-order valence-corrected chi connectivity index (χ0v) is 10.3. The fourth-order valence-corrected chi connectivity index (χ4v) is 3.38. The van der Waals surface area contributed by atoms with Crippen molar-refractivity contribution in [1.29, 1.82) is 0 Å². The largest absolute Gasteiger partial charge is 0.463 e. The molecule has 4 heterocycles. The molecule has 0 aliphatic carbocycles. The number of nitrogens with zero attached hydrogens (tertiary/aromatic N) is 2. The Kier molecular flexibility index (Phi) is 2.30. The van der Waals surface area contributed by atoms with E-state index in [2.05, 4.69) is 21.3 Å². The van der Waals surface area contributed by atoms with Crippen molar-refractivity contribution >= 4 is 16.8 Å². The average Bonchev–Trinajstić information content (AvgIpc) is 3.05. The Morgan fingerprint density at radius 3 is 3.39 bits per heavy atom. The topological polar surface area (TPSA) is 41.3 Å². The van der Waals surface area contributed by atoms with Gasteiger partial charge in [0.25, 0.3) is 0 Å². The van der Waals surface area contributed by atoms with Crippen molar-refractivity contribution in [1.82, 2.24) is 10.3 Å². The number of aromatic nitrogens is 1. The first-order valence-electron chi connectivity index (χ1n) is 6.72. The van der Waals surface area contributed by atoms with E-state index in [-0.39, 0.29) is 0 Å². The highest BCUT2D eigenvalue weighted by Crippen LogP contribution is 2.31. The van der Waals surface area contributed by atoms with E-state index in [0.29, 0.717) is 6.04 Å². The van der Waals surface area contributed by atoms with Crippen molar-refractivity contribution in [3.05, 3.63) is 24.6 Å². The van der Waals surface area contributed by atoms with Crippen molar-refractivity contribution < 1.29 is 4.42 Å². The van der Waals surface area contributed by atoms with Crippen molar-refractivity contribution in [2.24, 2.45) is 5.92 Å². The molecule has 2 aliphatic heterocycles. The van der Waals surface area contributed by atoms with Gasteiger partial charge in [0.05, 0.1) is 18.1 Å². The molecule has 2 saturated heterocycles. The number of nitrogens with one attached hydrogen (secondary N) is 1. The Hall–Kier alpha value is -1.55. The second-order valence-electron chi connectivity index (χ2n) is 5.32. The van der Waals surface area contributed by atoms with E-state index in [1.807, 2.05) is 12.3 Å². The summed E-state index contributed by atoms with van der Waals surface area (Å²) in [5.74, 6) is 0.797. The highest BCUT2D eigenvalue weighted by Gasteiger charge is 2.35. The molecule has 0 saturated carbocycles. The van der Waals surface area contributed by atoms with E-state index in [4.69, 9.17) is 4.42 Å². The average molecular weight is 243 g/mol. The van der Waals surface area contributed by atoms with Gasteiger partial charge in [-0.1, -0.05) is 0 Å². The van der Waals surface area contributed by atoms with Crippen LogP contribution in [0.3, 0.4) is 0 Å². The molecule has 4 heteroatoms. The van der Waals surface area contributed by atoms with Gasteiger partial charge in [-0.15, -0.1) is 0 Å². The molecule has 94 valence electrons. The molecule has 4 nitrogen and oxygen atoms in total. The van der Waals surface area contributed by atoms with Gasteiger partial charge in [0.1, 0.15) is 5.52 Å². The fraction of sp³-hybridized carbons (Fsp3) is 0.500. The number of hydrogen-bond acceptors (Lipinski definition) is 4. The summed E-state index contributed by atoms with van der Waals surface area (Å²) < 4.78 is 5.46. The molecule has 0 aromatic carbocycles. The molecular weight excluding hydrogens is 226 g/mol. The summed E-state index contributed by atoms with van der Waals surface area (Å²) in [6.07, 6.45) is 6.32. The lowest BCUT2D eigenvalue weighted by molar-refractivity contribution is 0.385. The van der Waals surface area contributed by atoms with Crippen LogP contribution in [0.5, 0.6) is 0 Å².